The molecule has 2 atom stereocenters. The van der Waals surface area contributed by atoms with Gasteiger partial charge in [-0.3, -0.25) is 10.9 Å². The van der Waals surface area contributed by atoms with E-state index in [4.69, 9.17) is 24.4 Å². The molecule has 0 aliphatic heterocycles. The number of benzene rings is 1. The maximum absolute atomic E-state index is 5.31. The normalized spacial score (nSPS) is 20.8. The summed E-state index contributed by atoms with van der Waals surface area (Å²) in [5.41, 5.74) is 7.06. The summed E-state index contributed by atoms with van der Waals surface area (Å²) in [6, 6.07) is 10.6. The van der Waals surface area contributed by atoms with Crippen molar-refractivity contribution in [3.8, 4) is 0 Å². The first-order valence-corrected chi connectivity index (χ1v) is 8.61. The summed E-state index contributed by atoms with van der Waals surface area (Å²) in [7, 11) is 0. The molecule has 1 aliphatic carbocycles. The van der Waals surface area contributed by atoms with Crippen LogP contribution in [0.4, 0.5) is 0 Å². The molecule has 4 nitrogen and oxygen atoms in total. The lowest BCUT2D eigenvalue weighted by atomic mass is 9.86. The average Bonchev–Trinajstić information content (AvgIpc) is 2.54. The Bertz CT molecular complexity index is 492. The molecule has 0 aromatic heterocycles. The zero-order valence-electron chi connectivity index (χ0n) is 12.9. The maximum atomic E-state index is 5.31. The molecule has 0 bridgehead atoms. The molecule has 0 spiro atoms. The third kappa shape index (κ3) is 5.77. The fourth-order valence-corrected chi connectivity index (χ4v) is 3.00. The molecule has 0 radical (unpaired) electrons. The smallest absolute Gasteiger partial charge is 0.185 e. The van der Waals surface area contributed by atoms with Crippen LogP contribution in [-0.4, -0.2) is 16.3 Å². The van der Waals surface area contributed by atoms with E-state index in [9.17, 15) is 0 Å². The predicted molar refractivity (Wildman–Crippen MR) is 99.3 cm³/mol. The Kier molecular flexibility index (Phi) is 6.86. The molecule has 1 fully saturated rings. The van der Waals surface area contributed by atoms with Gasteiger partial charge in [-0.15, -0.1) is 0 Å². The van der Waals surface area contributed by atoms with Gasteiger partial charge in [-0.25, -0.2) is 0 Å². The van der Waals surface area contributed by atoms with Crippen LogP contribution in [0.3, 0.4) is 0 Å². The van der Waals surface area contributed by atoms with E-state index in [0.29, 0.717) is 28.7 Å². The van der Waals surface area contributed by atoms with Crippen molar-refractivity contribution in [1.82, 2.24) is 21.5 Å². The van der Waals surface area contributed by atoms with Crippen LogP contribution in [0.1, 0.15) is 38.2 Å². The van der Waals surface area contributed by atoms with Gasteiger partial charge in [0, 0.05) is 12.6 Å². The Morgan fingerprint density at radius 3 is 2.45 bits per heavy atom. The summed E-state index contributed by atoms with van der Waals surface area (Å²) in [5, 5.41) is 7.64. The highest BCUT2D eigenvalue weighted by Crippen LogP contribution is 2.23. The van der Waals surface area contributed by atoms with E-state index >= 15 is 0 Å². The fraction of sp³-hybridized carbons (Fsp3) is 0.500. The fourth-order valence-electron chi connectivity index (χ4n) is 2.67. The van der Waals surface area contributed by atoms with Crippen molar-refractivity contribution < 1.29 is 0 Å². The van der Waals surface area contributed by atoms with Crippen LogP contribution < -0.4 is 21.5 Å². The summed E-state index contributed by atoms with van der Waals surface area (Å²) in [4.78, 5) is 0. The minimum Gasteiger partial charge on any atom is -0.358 e. The molecule has 0 saturated heterocycles. The van der Waals surface area contributed by atoms with E-state index in [0.717, 1.165) is 0 Å². The number of thiocarbonyl (C=S) groups is 2. The van der Waals surface area contributed by atoms with Crippen molar-refractivity contribution in [1.29, 1.82) is 0 Å². The molecular formula is C16H24N4S2. The Balaban J connectivity index is 1.64. The van der Waals surface area contributed by atoms with Gasteiger partial charge in [-0.2, -0.15) is 0 Å². The van der Waals surface area contributed by atoms with Gasteiger partial charge in [0.2, 0.25) is 0 Å². The highest BCUT2D eigenvalue weighted by atomic mass is 32.1. The third-order valence-electron chi connectivity index (χ3n) is 4.01. The zero-order valence-corrected chi connectivity index (χ0v) is 14.5. The van der Waals surface area contributed by atoms with E-state index < -0.39 is 0 Å². The Morgan fingerprint density at radius 1 is 1.05 bits per heavy atom. The molecule has 1 aromatic rings. The van der Waals surface area contributed by atoms with Crippen LogP contribution in [0.25, 0.3) is 0 Å². The number of hydrogen-bond donors (Lipinski definition) is 4. The largest absolute Gasteiger partial charge is 0.358 e. The van der Waals surface area contributed by atoms with Crippen molar-refractivity contribution in [2.24, 2.45) is 5.92 Å². The number of hydrogen-bond acceptors (Lipinski definition) is 2. The van der Waals surface area contributed by atoms with Crippen LogP contribution in [0.15, 0.2) is 30.3 Å². The van der Waals surface area contributed by atoms with Crippen LogP contribution >= 0.6 is 24.4 Å². The molecule has 2 rings (SSSR count). The lowest BCUT2D eigenvalue weighted by Crippen LogP contribution is -2.53. The number of hydrazine groups is 1. The van der Waals surface area contributed by atoms with Crippen molar-refractivity contribution >= 4 is 34.7 Å². The predicted octanol–water partition coefficient (Wildman–Crippen LogP) is 2.61. The second-order valence-electron chi connectivity index (χ2n) is 5.76. The number of nitrogens with one attached hydrogen (secondary N) is 4. The van der Waals surface area contributed by atoms with Gasteiger partial charge in [0.05, 0.1) is 0 Å². The molecule has 1 saturated carbocycles. The molecule has 0 unspecified atom stereocenters. The highest BCUT2D eigenvalue weighted by Gasteiger charge is 2.21. The van der Waals surface area contributed by atoms with Crippen LogP contribution in [-0.2, 0) is 6.54 Å². The zero-order chi connectivity index (χ0) is 15.8. The summed E-state index contributed by atoms with van der Waals surface area (Å²) >= 11 is 10.5. The summed E-state index contributed by atoms with van der Waals surface area (Å²) in [6.07, 6.45) is 5.05. The molecule has 1 aliphatic rings. The van der Waals surface area contributed by atoms with Gasteiger partial charge < -0.3 is 10.6 Å². The number of rotatable bonds is 3. The van der Waals surface area contributed by atoms with E-state index in [2.05, 4.69) is 40.5 Å². The Morgan fingerprint density at radius 2 is 1.73 bits per heavy atom. The first-order chi connectivity index (χ1) is 10.6. The van der Waals surface area contributed by atoms with Crippen molar-refractivity contribution in [3.05, 3.63) is 35.9 Å². The summed E-state index contributed by atoms with van der Waals surface area (Å²) < 4.78 is 0. The first kappa shape index (κ1) is 17.0. The molecular weight excluding hydrogens is 312 g/mol. The Hall–Kier alpha value is -1.40. The van der Waals surface area contributed by atoms with Crippen LogP contribution in [0.2, 0.25) is 0 Å². The molecule has 0 heterocycles. The minimum absolute atomic E-state index is 0.460. The van der Waals surface area contributed by atoms with E-state index in [1.807, 2.05) is 18.2 Å². The SMILES string of the molecule is C[C@H]1CCCC[C@@H]1NC(=S)NNC(=S)NCc1ccccc1. The standard InChI is InChI=1S/C16H24N4S2/c1-12-7-5-6-10-14(12)18-16(22)20-19-15(21)17-11-13-8-3-2-4-9-13/h2-4,8-9,12,14H,5-7,10-11H2,1H3,(H2,17,19,21)(H2,18,20,22)/t12-,14-/m0/s1. The molecule has 22 heavy (non-hydrogen) atoms. The van der Waals surface area contributed by atoms with Crippen molar-refractivity contribution in [2.75, 3.05) is 0 Å². The van der Waals surface area contributed by atoms with Crippen LogP contribution in [0.5, 0.6) is 0 Å². The average molecular weight is 337 g/mol. The van der Waals surface area contributed by atoms with Gasteiger partial charge in [0.25, 0.3) is 0 Å². The van der Waals surface area contributed by atoms with E-state index in [1.165, 1.54) is 31.2 Å². The van der Waals surface area contributed by atoms with Gasteiger partial charge >= 0.3 is 0 Å². The summed E-state index contributed by atoms with van der Waals surface area (Å²) in [6.45, 7) is 2.97. The highest BCUT2D eigenvalue weighted by molar-refractivity contribution is 7.80. The summed E-state index contributed by atoms with van der Waals surface area (Å²) in [5.74, 6) is 0.664. The second kappa shape index (κ2) is 8.90. The molecule has 6 heteroatoms. The molecule has 120 valence electrons. The van der Waals surface area contributed by atoms with Gasteiger partial charge in [0.15, 0.2) is 10.2 Å². The molecule has 4 N–H and O–H groups in total. The maximum Gasteiger partial charge on any atom is 0.185 e. The first-order valence-electron chi connectivity index (χ1n) is 7.79. The van der Waals surface area contributed by atoms with Crippen LogP contribution in [0, 0.1) is 5.92 Å². The topological polar surface area (TPSA) is 48.1 Å². The van der Waals surface area contributed by atoms with Gasteiger partial charge in [0.1, 0.15) is 0 Å². The quantitative estimate of drug-likeness (QED) is 0.503. The molecule has 0 amide bonds. The third-order valence-corrected chi connectivity index (χ3v) is 4.48. The van der Waals surface area contributed by atoms with E-state index in [-0.39, 0.29) is 0 Å². The molecule has 1 aromatic carbocycles. The lowest BCUT2D eigenvalue weighted by Gasteiger charge is -2.30. The van der Waals surface area contributed by atoms with Gasteiger partial charge in [-0.1, -0.05) is 50.1 Å². The Labute approximate surface area is 143 Å². The van der Waals surface area contributed by atoms with Gasteiger partial charge in [-0.05, 0) is 48.8 Å². The minimum atomic E-state index is 0.460. The second-order valence-corrected chi connectivity index (χ2v) is 6.58. The van der Waals surface area contributed by atoms with Crippen molar-refractivity contribution in [3.63, 3.8) is 0 Å². The van der Waals surface area contributed by atoms with E-state index in [1.54, 1.807) is 0 Å². The monoisotopic (exact) mass is 336 g/mol. The lowest BCUT2D eigenvalue weighted by molar-refractivity contribution is 0.308. The van der Waals surface area contributed by atoms with Crippen molar-refractivity contribution in [2.45, 2.75) is 45.2 Å².